The van der Waals surface area contributed by atoms with Gasteiger partial charge in [-0.2, -0.15) is 0 Å². The molecule has 7 heteroatoms. The van der Waals surface area contributed by atoms with Crippen molar-refractivity contribution in [2.45, 2.75) is 19.4 Å². The van der Waals surface area contributed by atoms with Gasteiger partial charge in [0.15, 0.2) is 11.5 Å². The van der Waals surface area contributed by atoms with Gasteiger partial charge in [-0.3, -0.25) is 4.72 Å². The average Bonchev–Trinajstić information content (AvgIpc) is 2.66. The molecule has 0 fully saturated rings. The fraction of sp³-hybridized carbons (Fsp3) is 0.368. The summed E-state index contributed by atoms with van der Waals surface area (Å²) >= 11 is 0. The molecule has 0 bridgehead atoms. The molecule has 1 unspecified atom stereocenters. The number of methoxy groups -OCH3 is 2. The Morgan fingerprint density at radius 3 is 2.58 bits per heavy atom. The van der Waals surface area contributed by atoms with E-state index in [1.807, 2.05) is 36.4 Å². The molecule has 0 saturated carbocycles. The highest BCUT2D eigenvalue weighted by Crippen LogP contribution is 2.36. The van der Waals surface area contributed by atoms with Crippen molar-refractivity contribution in [3.05, 3.63) is 53.1 Å². The summed E-state index contributed by atoms with van der Waals surface area (Å²) in [5.74, 6) is 1.61. The first-order chi connectivity index (χ1) is 12.5. The molecule has 1 atom stereocenters. The first-order valence-corrected chi connectivity index (χ1v) is 10.2. The monoisotopic (exact) mass is 376 g/mol. The van der Waals surface area contributed by atoms with Gasteiger partial charge in [0.05, 0.1) is 20.0 Å². The summed E-state index contributed by atoms with van der Waals surface area (Å²) < 4.78 is 37.0. The lowest BCUT2D eigenvalue weighted by Crippen LogP contribution is -2.29. The third kappa shape index (κ3) is 3.78. The number of benzene rings is 2. The summed E-state index contributed by atoms with van der Waals surface area (Å²) in [5.41, 5.74) is 4.00. The van der Waals surface area contributed by atoms with Gasteiger partial charge in [-0.1, -0.05) is 12.1 Å². The van der Waals surface area contributed by atoms with E-state index < -0.39 is 10.0 Å². The van der Waals surface area contributed by atoms with Crippen molar-refractivity contribution in [2.75, 3.05) is 31.2 Å². The van der Waals surface area contributed by atoms with Crippen LogP contribution in [0.1, 0.15) is 29.5 Å². The van der Waals surface area contributed by atoms with Crippen LogP contribution in [-0.2, 0) is 16.6 Å². The van der Waals surface area contributed by atoms with Crippen molar-refractivity contribution >= 4 is 15.7 Å². The zero-order valence-corrected chi connectivity index (χ0v) is 16.0. The molecule has 2 aromatic rings. The number of ether oxygens (including phenoxy) is 2. The van der Waals surface area contributed by atoms with Crippen LogP contribution in [0.4, 0.5) is 5.69 Å². The smallest absolute Gasteiger partial charge is 0.232 e. The number of anilines is 1. The minimum absolute atomic E-state index is 0.0522. The SMILES string of the molecule is CCS(=O)(=O)Nc1ccc2c(c1)CNCC2c1ccc(OC)c(OC)c1. The Balaban J connectivity index is 1.94. The second-order valence-corrected chi connectivity index (χ2v) is 8.23. The Morgan fingerprint density at radius 2 is 1.88 bits per heavy atom. The number of rotatable bonds is 6. The largest absolute Gasteiger partial charge is 0.493 e. The summed E-state index contributed by atoms with van der Waals surface area (Å²) in [7, 11) is -0.0376. The molecular formula is C19H24N2O4S. The highest BCUT2D eigenvalue weighted by molar-refractivity contribution is 7.92. The maximum absolute atomic E-state index is 11.8. The Hall–Kier alpha value is -2.25. The first-order valence-electron chi connectivity index (χ1n) is 8.53. The topological polar surface area (TPSA) is 76.7 Å². The fourth-order valence-electron chi connectivity index (χ4n) is 3.24. The van der Waals surface area contributed by atoms with E-state index in [0.29, 0.717) is 23.7 Å². The molecule has 0 aliphatic carbocycles. The quantitative estimate of drug-likeness (QED) is 0.811. The van der Waals surface area contributed by atoms with Gasteiger partial charge in [0.1, 0.15) is 0 Å². The van der Waals surface area contributed by atoms with E-state index in [2.05, 4.69) is 10.0 Å². The number of sulfonamides is 1. The molecule has 140 valence electrons. The number of hydrogen-bond donors (Lipinski definition) is 2. The first kappa shape index (κ1) is 18.5. The van der Waals surface area contributed by atoms with Crippen LogP contribution in [0.15, 0.2) is 36.4 Å². The number of fused-ring (bicyclic) bond motifs is 1. The lowest BCUT2D eigenvalue weighted by atomic mass is 9.85. The molecule has 2 aromatic carbocycles. The Kier molecular flexibility index (Phi) is 5.38. The van der Waals surface area contributed by atoms with Gasteiger partial charge in [-0.15, -0.1) is 0 Å². The molecule has 0 aromatic heterocycles. The molecule has 0 radical (unpaired) electrons. The average molecular weight is 376 g/mol. The minimum atomic E-state index is -3.28. The molecule has 0 amide bonds. The van der Waals surface area contributed by atoms with Gasteiger partial charge in [0.25, 0.3) is 0 Å². The van der Waals surface area contributed by atoms with Crippen LogP contribution in [0, 0.1) is 0 Å². The molecule has 3 rings (SSSR count). The van der Waals surface area contributed by atoms with Crippen LogP contribution in [-0.4, -0.2) is 34.9 Å². The fourth-order valence-corrected chi connectivity index (χ4v) is 3.87. The van der Waals surface area contributed by atoms with Crippen molar-refractivity contribution in [3.8, 4) is 11.5 Å². The molecule has 6 nitrogen and oxygen atoms in total. The van der Waals surface area contributed by atoms with Crippen molar-refractivity contribution in [1.29, 1.82) is 0 Å². The molecule has 0 spiro atoms. The van der Waals surface area contributed by atoms with E-state index in [0.717, 1.165) is 17.7 Å². The number of hydrogen-bond acceptors (Lipinski definition) is 5. The molecule has 2 N–H and O–H groups in total. The normalized spacial score (nSPS) is 16.7. The van der Waals surface area contributed by atoms with Crippen molar-refractivity contribution < 1.29 is 17.9 Å². The summed E-state index contributed by atoms with van der Waals surface area (Å²) in [6.45, 7) is 3.14. The molecule has 1 aliphatic heterocycles. The predicted molar refractivity (Wildman–Crippen MR) is 103 cm³/mol. The third-order valence-electron chi connectivity index (χ3n) is 4.65. The van der Waals surface area contributed by atoms with Crippen LogP contribution in [0.25, 0.3) is 0 Å². The molecular weight excluding hydrogens is 352 g/mol. The van der Waals surface area contributed by atoms with Gasteiger partial charge >= 0.3 is 0 Å². The molecule has 1 heterocycles. The molecule has 26 heavy (non-hydrogen) atoms. The van der Waals surface area contributed by atoms with E-state index in [4.69, 9.17) is 9.47 Å². The Bertz CT molecular complexity index is 896. The van der Waals surface area contributed by atoms with E-state index in [9.17, 15) is 8.42 Å². The van der Waals surface area contributed by atoms with E-state index in [1.165, 1.54) is 5.56 Å². The van der Waals surface area contributed by atoms with Crippen LogP contribution >= 0.6 is 0 Å². The zero-order chi connectivity index (χ0) is 18.7. The molecule has 1 aliphatic rings. The summed E-state index contributed by atoms with van der Waals surface area (Å²) in [5, 5.41) is 3.41. The van der Waals surface area contributed by atoms with Gasteiger partial charge < -0.3 is 14.8 Å². The van der Waals surface area contributed by atoms with Crippen molar-refractivity contribution in [1.82, 2.24) is 5.32 Å². The van der Waals surface area contributed by atoms with E-state index >= 15 is 0 Å². The second-order valence-electron chi connectivity index (χ2n) is 6.22. The lowest BCUT2D eigenvalue weighted by Gasteiger charge is -2.28. The zero-order valence-electron chi connectivity index (χ0n) is 15.2. The van der Waals surface area contributed by atoms with Gasteiger partial charge in [-0.05, 0) is 47.9 Å². The van der Waals surface area contributed by atoms with E-state index in [1.54, 1.807) is 21.1 Å². The maximum Gasteiger partial charge on any atom is 0.232 e. The Labute approximate surface area is 154 Å². The summed E-state index contributed by atoms with van der Waals surface area (Å²) in [4.78, 5) is 0. The van der Waals surface area contributed by atoms with Gasteiger partial charge in [-0.25, -0.2) is 8.42 Å². The Morgan fingerprint density at radius 1 is 1.12 bits per heavy atom. The van der Waals surface area contributed by atoms with Crippen LogP contribution in [0.3, 0.4) is 0 Å². The molecule has 0 saturated heterocycles. The van der Waals surface area contributed by atoms with Crippen molar-refractivity contribution in [3.63, 3.8) is 0 Å². The lowest BCUT2D eigenvalue weighted by molar-refractivity contribution is 0.354. The standard InChI is InChI=1S/C19H24N2O4S/c1-4-26(22,23)21-15-6-7-16-14(9-15)11-20-12-17(16)13-5-8-18(24-2)19(10-13)25-3/h5-10,17,20-21H,4,11-12H2,1-3H3. The highest BCUT2D eigenvalue weighted by Gasteiger charge is 2.23. The minimum Gasteiger partial charge on any atom is -0.493 e. The number of nitrogens with one attached hydrogen (secondary N) is 2. The van der Waals surface area contributed by atoms with Gasteiger partial charge in [0.2, 0.25) is 10.0 Å². The maximum atomic E-state index is 11.8. The summed E-state index contributed by atoms with van der Waals surface area (Å²) in [6, 6.07) is 11.7. The van der Waals surface area contributed by atoms with Crippen LogP contribution in [0.5, 0.6) is 11.5 Å². The van der Waals surface area contributed by atoms with Gasteiger partial charge in [0, 0.05) is 24.7 Å². The second kappa shape index (κ2) is 7.55. The van der Waals surface area contributed by atoms with Crippen LogP contribution < -0.4 is 19.5 Å². The van der Waals surface area contributed by atoms with E-state index in [-0.39, 0.29) is 11.7 Å². The highest BCUT2D eigenvalue weighted by atomic mass is 32.2. The third-order valence-corrected chi connectivity index (χ3v) is 5.95. The van der Waals surface area contributed by atoms with Crippen molar-refractivity contribution in [2.24, 2.45) is 0 Å². The predicted octanol–water partition coefficient (Wildman–Crippen LogP) is 2.70. The van der Waals surface area contributed by atoms with Crippen LogP contribution in [0.2, 0.25) is 0 Å². The summed E-state index contributed by atoms with van der Waals surface area (Å²) in [6.07, 6.45) is 0.